The van der Waals surface area contributed by atoms with Gasteiger partial charge in [0, 0.05) is 25.3 Å². The number of anilines is 1. The van der Waals surface area contributed by atoms with Crippen LogP contribution in [-0.2, 0) is 9.53 Å². The molecular formula is C20H24N2O3. The molecular weight excluding hydrogens is 316 g/mol. The molecule has 1 atom stereocenters. The summed E-state index contributed by atoms with van der Waals surface area (Å²) >= 11 is 0. The number of methoxy groups -OCH3 is 1. The highest BCUT2D eigenvalue weighted by molar-refractivity contribution is 5.95. The van der Waals surface area contributed by atoms with Crippen molar-refractivity contribution < 1.29 is 14.3 Å². The van der Waals surface area contributed by atoms with E-state index in [1.165, 1.54) is 7.11 Å². The topological polar surface area (TPSA) is 58.6 Å². The molecule has 0 heterocycles. The quantitative estimate of drug-likeness (QED) is 0.821. The SMILES string of the molecule is COC(=O)C[C@@H](NC(=O)c1ccc(N(C)C)cc1)c1ccc(C)cc1. The van der Waals surface area contributed by atoms with E-state index in [-0.39, 0.29) is 18.3 Å². The Balaban J connectivity index is 2.18. The molecule has 0 aromatic heterocycles. The summed E-state index contributed by atoms with van der Waals surface area (Å²) in [5.41, 5.74) is 3.55. The summed E-state index contributed by atoms with van der Waals surface area (Å²) in [4.78, 5) is 26.3. The molecule has 2 rings (SSSR count). The van der Waals surface area contributed by atoms with Gasteiger partial charge in [-0.25, -0.2) is 0 Å². The van der Waals surface area contributed by atoms with Crippen LogP contribution in [-0.4, -0.2) is 33.1 Å². The molecule has 0 aliphatic rings. The Morgan fingerprint density at radius 2 is 1.64 bits per heavy atom. The average Bonchev–Trinajstić information content (AvgIpc) is 2.61. The van der Waals surface area contributed by atoms with Crippen molar-refractivity contribution in [3.05, 3.63) is 65.2 Å². The Morgan fingerprint density at radius 1 is 1.04 bits per heavy atom. The zero-order chi connectivity index (χ0) is 18.4. The number of ether oxygens (including phenoxy) is 1. The van der Waals surface area contributed by atoms with Crippen molar-refractivity contribution in [1.82, 2.24) is 5.32 Å². The maximum Gasteiger partial charge on any atom is 0.307 e. The number of amides is 1. The number of nitrogens with zero attached hydrogens (tertiary/aromatic N) is 1. The van der Waals surface area contributed by atoms with Gasteiger partial charge in [0.05, 0.1) is 19.6 Å². The predicted molar refractivity (Wildman–Crippen MR) is 98.8 cm³/mol. The molecule has 5 heteroatoms. The molecule has 2 aromatic rings. The second kappa shape index (κ2) is 8.33. The van der Waals surface area contributed by atoms with E-state index < -0.39 is 6.04 Å². The van der Waals surface area contributed by atoms with Crippen LogP contribution in [0.5, 0.6) is 0 Å². The van der Waals surface area contributed by atoms with Crippen LogP contribution in [0.4, 0.5) is 5.69 Å². The van der Waals surface area contributed by atoms with Crippen LogP contribution in [0.15, 0.2) is 48.5 Å². The molecule has 0 aliphatic carbocycles. The Morgan fingerprint density at radius 3 is 2.16 bits per heavy atom. The molecule has 0 spiro atoms. The Kier molecular flexibility index (Phi) is 6.17. The van der Waals surface area contributed by atoms with Crippen LogP contribution in [0.1, 0.15) is 33.9 Å². The fourth-order valence-corrected chi connectivity index (χ4v) is 2.45. The first-order valence-corrected chi connectivity index (χ1v) is 8.12. The lowest BCUT2D eigenvalue weighted by molar-refractivity contribution is -0.141. The van der Waals surface area contributed by atoms with Gasteiger partial charge in [-0.1, -0.05) is 29.8 Å². The van der Waals surface area contributed by atoms with Gasteiger partial charge < -0.3 is 15.0 Å². The van der Waals surface area contributed by atoms with Crippen molar-refractivity contribution in [2.45, 2.75) is 19.4 Å². The molecule has 2 aromatic carbocycles. The summed E-state index contributed by atoms with van der Waals surface area (Å²) in [6, 6.07) is 14.6. The third-order valence-electron chi connectivity index (χ3n) is 4.03. The van der Waals surface area contributed by atoms with E-state index >= 15 is 0 Å². The van der Waals surface area contributed by atoms with E-state index in [0.717, 1.165) is 16.8 Å². The molecule has 132 valence electrons. The zero-order valence-corrected chi connectivity index (χ0v) is 15.1. The number of hydrogen-bond donors (Lipinski definition) is 1. The molecule has 1 amide bonds. The van der Waals surface area contributed by atoms with Crippen molar-refractivity contribution in [2.24, 2.45) is 0 Å². The largest absolute Gasteiger partial charge is 0.469 e. The second-order valence-corrected chi connectivity index (χ2v) is 6.16. The number of carbonyl (C=O) groups excluding carboxylic acids is 2. The van der Waals surface area contributed by atoms with Gasteiger partial charge in [0.1, 0.15) is 0 Å². The first-order chi connectivity index (χ1) is 11.9. The minimum Gasteiger partial charge on any atom is -0.469 e. The van der Waals surface area contributed by atoms with E-state index in [2.05, 4.69) is 5.32 Å². The predicted octanol–water partition coefficient (Wildman–Crippen LogP) is 3.10. The molecule has 0 radical (unpaired) electrons. The van der Waals surface area contributed by atoms with E-state index in [1.807, 2.05) is 62.3 Å². The van der Waals surface area contributed by atoms with Gasteiger partial charge >= 0.3 is 5.97 Å². The molecule has 0 saturated heterocycles. The fraction of sp³-hybridized carbons (Fsp3) is 0.300. The molecule has 0 saturated carbocycles. The fourth-order valence-electron chi connectivity index (χ4n) is 2.45. The van der Waals surface area contributed by atoms with Crippen LogP contribution >= 0.6 is 0 Å². The first kappa shape index (κ1) is 18.5. The molecule has 25 heavy (non-hydrogen) atoms. The first-order valence-electron chi connectivity index (χ1n) is 8.12. The van der Waals surface area contributed by atoms with E-state index in [0.29, 0.717) is 5.56 Å². The highest BCUT2D eigenvalue weighted by Gasteiger charge is 2.19. The highest BCUT2D eigenvalue weighted by Crippen LogP contribution is 2.20. The lowest BCUT2D eigenvalue weighted by Crippen LogP contribution is -2.30. The molecule has 0 unspecified atom stereocenters. The summed E-state index contributed by atoms with van der Waals surface area (Å²) < 4.78 is 4.76. The lowest BCUT2D eigenvalue weighted by atomic mass is 10.0. The number of aryl methyl sites for hydroxylation is 1. The van der Waals surface area contributed by atoms with Crippen LogP contribution in [0.2, 0.25) is 0 Å². The second-order valence-electron chi connectivity index (χ2n) is 6.16. The van der Waals surface area contributed by atoms with Crippen LogP contribution < -0.4 is 10.2 Å². The molecule has 0 bridgehead atoms. The van der Waals surface area contributed by atoms with Crippen molar-refractivity contribution >= 4 is 17.6 Å². The van der Waals surface area contributed by atoms with Crippen molar-refractivity contribution in [1.29, 1.82) is 0 Å². The van der Waals surface area contributed by atoms with Crippen LogP contribution in [0.3, 0.4) is 0 Å². The maximum atomic E-state index is 12.6. The van der Waals surface area contributed by atoms with Gasteiger partial charge in [-0.3, -0.25) is 9.59 Å². The number of hydrogen-bond acceptors (Lipinski definition) is 4. The molecule has 1 N–H and O–H groups in total. The van der Waals surface area contributed by atoms with Gasteiger partial charge in [0.15, 0.2) is 0 Å². The summed E-state index contributed by atoms with van der Waals surface area (Å²) in [6.45, 7) is 1.99. The molecule has 5 nitrogen and oxygen atoms in total. The third-order valence-corrected chi connectivity index (χ3v) is 4.03. The van der Waals surface area contributed by atoms with Gasteiger partial charge in [0.2, 0.25) is 0 Å². The standard InChI is InChI=1S/C20H24N2O3/c1-14-5-7-15(8-6-14)18(13-19(23)25-4)21-20(24)16-9-11-17(12-10-16)22(2)3/h5-12,18H,13H2,1-4H3,(H,21,24)/t18-/m1/s1. The molecule has 0 aliphatic heterocycles. The van der Waals surface area contributed by atoms with Crippen molar-refractivity contribution in [2.75, 3.05) is 26.1 Å². The smallest absolute Gasteiger partial charge is 0.307 e. The Bertz CT molecular complexity index is 722. The Hall–Kier alpha value is -2.82. The summed E-state index contributed by atoms with van der Waals surface area (Å²) in [7, 11) is 5.23. The number of benzene rings is 2. The average molecular weight is 340 g/mol. The molecule has 0 fully saturated rings. The van der Waals surface area contributed by atoms with Gasteiger partial charge in [0.25, 0.3) is 5.91 Å². The third kappa shape index (κ3) is 5.08. The van der Waals surface area contributed by atoms with Gasteiger partial charge in [-0.05, 0) is 36.8 Å². The number of nitrogens with one attached hydrogen (secondary N) is 1. The highest BCUT2D eigenvalue weighted by atomic mass is 16.5. The number of esters is 1. The van der Waals surface area contributed by atoms with Gasteiger partial charge in [-0.15, -0.1) is 0 Å². The van der Waals surface area contributed by atoms with Crippen molar-refractivity contribution in [3.63, 3.8) is 0 Å². The van der Waals surface area contributed by atoms with Crippen molar-refractivity contribution in [3.8, 4) is 0 Å². The Labute approximate surface area is 148 Å². The van der Waals surface area contributed by atoms with E-state index in [1.54, 1.807) is 12.1 Å². The summed E-state index contributed by atoms with van der Waals surface area (Å²) in [5.74, 6) is -0.589. The number of rotatable bonds is 6. The summed E-state index contributed by atoms with van der Waals surface area (Å²) in [6.07, 6.45) is 0.0844. The normalized spacial score (nSPS) is 11.5. The zero-order valence-electron chi connectivity index (χ0n) is 15.1. The number of carbonyl (C=O) groups is 2. The maximum absolute atomic E-state index is 12.6. The lowest BCUT2D eigenvalue weighted by Gasteiger charge is -2.19. The monoisotopic (exact) mass is 340 g/mol. The minimum atomic E-state index is -0.436. The van der Waals surface area contributed by atoms with Gasteiger partial charge in [-0.2, -0.15) is 0 Å². The van der Waals surface area contributed by atoms with E-state index in [4.69, 9.17) is 4.74 Å². The minimum absolute atomic E-state index is 0.0844. The van der Waals surface area contributed by atoms with E-state index in [9.17, 15) is 9.59 Å². The van der Waals surface area contributed by atoms with Crippen LogP contribution in [0, 0.1) is 6.92 Å². The summed E-state index contributed by atoms with van der Waals surface area (Å²) in [5, 5.41) is 2.93. The van der Waals surface area contributed by atoms with Crippen LogP contribution in [0.25, 0.3) is 0 Å².